The third-order valence-electron chi connectivity index (χ3n) is 3.02. The van der Waals surface area contributed by atoms with Gasteiger partial charge in [-0.3, -0.25) is 4.79 Å². The fraction of sp³-hybridized carbons (Fsp3) is 0.500. The second-order valence-corrected chi connectivity index (χ2v) is 5.20. The van der Waals surface area contributed by atoms with Gasteiger partial charge in [0.1, 0.15) is 0 Å². The Bertz CT molecular complexity index is 398. The summed E-state index contributed by atoms with van der Waals surface area (Å²) in [6, 6.07) is 7.49. The lowest BCUT2D eigenvalue weighted by Gasteiger charge is -2.23. The van der Waals surface area contributed by atoms with Crippen LogP contribution in [0.25, 0.3) is 0 Å². The van der Waals surface area contributed by atoms with E-state index in [1.54, 1.807) is 6.92 Å². The molecule has 18 heavy (non-hydrogen) atoms. The van der Waals surface area contributed by atoms with Gasteiger partial charge in [-0.15, -0.1) is 0 Å². The summed E-state index contributed by atoms with van der Waals surface area (Å²) in [6.07, 6.45) is 0. The fourth-order valence-electron chi connectivity index (χ4n) is 1.46. The third-order valence-corrected chi connectivity index (χ3v) is 3.02. The van der Waals surface area contributed by atoms with E-state index in [9.17, 15) is 4.79 Å². The molecule has 1 aromatic rings. The number of nitrogens with one attached hydrogen (secondary N) is 1. The van der Waals surface area contributed by atoms with E-state index in [0.717, 1.165) is 11.1 Å². The van der Waals surface area contributed by atoms with Crippen molar-refractivity contribution >= 4 is 5.97 Å². The Morgan fingerprint density at radius 2 is 1.89 bits per heavy atom. The summed E-state index contributed by atoms with van der Waals surface area (Å²) < 4.78 is 0. The van der Waals surface area contributed by atoms with Crippen molar-refractivity contribution in [2.75, 3.05) is 6.61 Å². The molecule has 1 rings (SSSR count). The van der Waals surface area contributed by atoms with Crippen LogP contribution in [0.1, 0.15) is 37.8 Å². The second-order valence-electron chi connectivity index (χ2n) is 5.20. The molecule has 1 unspecified atom stereocenters. The number of aliphatic hydroxyl groups is 1. The Morgan fingerprint density at radius 1 is 1.33 bits per heavy atom. The molecular weight excluding hydrogens is 230 g/mol. The van der Waals surface area contributed by atoms with Crippen LogP contribution in [0, 0.1) is 0 Å². The lowest BCUT2D eigenvalue weighted by Crippen LogP contribution is -2.42. The summed E-state index contributed by atoms with van der Waals surface area (Å²) in [6.45, 7) is 6.24. The summed E-state index contributed by atoms with van der Waals surface area (Å²) in [5, 5.41) is 21.3. The van der Waals surface area contributed by atoms with Crippen LogP contribution in [0.15, 0.2) is 24.3 Å². The van der Waals surface area contributed by atoms with Gasteiger partial charge < -0.3 is 15.5 Å². The van der Waals surface area contributed by atoms with Gasteiger partial charge in [0, 0.05) is 12.1 Å². The predicted octanol–water partition coefficient (Wildman–Crippen LogP) is 1.74. The van der Waals surface area contributed by atoms with Crippen molar-refractivity contribution in [1.82, 2.24) is 5.32 Å². The van der Waals surface area contributed by atoms with Gasteiger partial charge in [-0.2, -0.15) is 0 Å². The summed E-state index contributed by atoms with van der Waals surface area (Å²) in [5.74, 6) is -1.30. The standard InChI is InChI=1S/C14H21NO3/c1-10(13(17)18)12-6-4-11(5-7-12)8-15-14(2,3)9-16/h4-7,10,15-16H,8-9H2,1-3H3,(H,17,18). The van der Waals surface area contributed by atoms with Gasteiger partial charge in [-0.25, -0.2) is 0 Å². The molecule has 0 saturated heterocycles. The Balaban J connectivity index is 2.64. The zero-order valence-electron chi connectivity index (χ0n) is 11.1. The topological polar surface area (TPSA) is 69.6 Å². The van der Waals surface area contributed by atoms with Gasteiger partial charge in [0.2, 0.25) is 0 Å². The normalized spacial score (nSPS) is 13.3. The zero-order chi connectivity index (χ0) is 13.8. The van der Waals surface area contributed by atoms with Crippen molar-refractivity contribution in [2.45, 2.75) is 38.8 Å². The van der Waals surface area contributed by atoms with Crippen LogP contribution in [0.3, 0.4) is 0 Å². The molecule has 4 nitrogen and oxygen atoms in total. The van der Waals surface area contributed by atoms with Gasteiger partial charge in [-0.05, 0) is 31.9 Å². The number of carboxylic acids is 1. The molecule has 3 N–H and O–H groups in total. The Labute approximate surface area is 108 Å². The monoisotopic (exact) mass is 251 g/mol. The molecule has 0 saturated carbocycles. The van der Waals surface area contributed by atoms with E-state index in [0.29, 0.717) is 6.54 Å². The molecule has 0 fully saturated rings. The van der Waals surface area contributed by atoms with Crippen molar-refractivity contribution in [3.63, 3.8) is 0 Å². The minimum absolute atomic E-state index is 0.0706. The fourth-order valence-corrected chi connectivity index (χ4v) is 1.46. The number of carboxylic acid groups (broad SMARTS) is 1. The van der Waals surface area contributed by atoms with Gasteiger partial charge in [0.25, 0.3) is 0 Å². The van der Waals surface area contributed by atoms with Crippen LogP contribution in [0.2, 0.25) is 0 Å². The van der Waals surface area contributed by atoms with Crippen molar-refractivity contribution in [2.24, 2.45) is 0 Å². The van der Waals surface area contributed by atoms with Gasteiger partial charge in [0.05, 0.1) is 12.5 Å². The number of carbonyl (C=O) groups is 1. The van der Waals surface area contributed by atoms with Gasteiger partial charge in [-0.1, -0.05) is 24.3 Å². The predicted molar refractivity (Wildman–Crippen MR) is 70.5 cm³/mol. The quantitative estimate of drug-likeness (QED) is 0.720. The first-order valence-electron chi connectivity index (χ1n) is 6.03. The molecule has 0 aliphatic carbocycles. The summed E-state index contributed by atoms with van der Waals surface area (Å²) in [7, 11) is 0. The van der Waals surface area contributed by atoms with E-state index in [4.69, 9.17) is 10.2 Å². The van der Waals surface area contributed by atoms with Crippen LogP contribution in [-0.2, 0) is 11.3 Å². The average molecular weight is 251 g/mol. The first kappa shape index (κ1) is 14.7. The summed E-state index contributed by atoms with van der Waals surface area (Å²) >= 11 is 0. The molecule has 0 radical (unpaired) electrons. The van der Waals surface area contributed by atoms with E-state index in [-0.39, 0.29) is 12.1 Å². The average Bonchev–Trinajstić information content (AvgIpc) is 2.36. The minimum Gasteiger partial charge on any atom is -0.481 e. The lowest BCUT2D eigenvalue weighted by molar-refractivity contribution is -0.138. The number of aliphatic hydroxyl groups excluding tert-OH is 1. The first-order chi connectivity index (χ1) is 8.35. The molecule has 0 aliphatic rings. The smallest absolute Gasteiger partial charge is 0.310 e. The number of hydrogen-bond acceptors (Lipinski definition) is 3. The highest BCUT2D eigenvalue weighted by molar-refractivity contribution is 5.75. The highest BCUT2D eigenvalue weighted by atomic mass is 16.4. The summed E-state index contributed by atoms with van der Waals surface area (Å²) in [5.41, 5.74) is 1.55. The molecule has 1 atom stereocenters. The van der Waals surface area contributed by atoms with E-state index >= 15 is 0 Å². The van der Waals surface area contributed by atoms with Crippen molar-refractivity contribution in [3.8, 4) is 0 Å². The Kier molecular flexibility index (Phi) is 4.87. The van der Waals surface area contributed by atoms with Crippen LogP contribution in [-0.4, -0.2) is 28.3 Å². The SMILES string of the molecule is CC(C(=O)O)c1ccc(CNC(C)(C)CO)cc1. The summed E-state index contributed by atoms with van der Waals surface area (Å²) in [4.78, 5) is 10.8. The molecule has 0 aromatic heterocycles. The molecule has 0 spiro atoms. The maximum atomic E-state index is 10.8. The van der Waals surface area contributed by atoms with Gasteiger partial charge >= 0.3 is 5.97 Å². The molecule has 100 valence electrons. The van der Waals surface area contributed by atoms with E-state index in [1.807, 2.05) is 38.1 Å². The maximum absolute atomic E-state index is 10.8. The van der Waals surface area contributed by atoms with E-state index < -0.39 is 11.9 Å². The number of benzene rings is 1. The van der Waals surface area contributed by atoms with E-state index in [1.165, 1.54) is 0 Å². The van der Waals surface area contributed by atoms with Crippen LogP contribution in [0.5, 0.6) is 0 Å². The number of aliphatic carboxylic acids is 1. The first-order valence-corrected chi connectivity index (χ1v) is 6.03. The van der Waals surface area contributed by atoms with Crippen molar-refractivity contribution < 1.29 is 15.0 Å². The minimum atomic E-state index is -0.817. The van der Waals surface area contributed by atoms with E-state index in [2.05, 4.69) is 5.32 Å². The molecule has 1 aromatic carbocycles. The maximum Gasteiger partial charge on any atom is 0.310 e. The third kappa shape index (κ3) is 4.13. The van der Waals surface area contributed by atoms with Gasteiger partial charge in [0.15, 0.2) is 0 Å². The highest BCUT2D eigenvalue weighted by Crippen LogP contribution is 2.16. The van der Waals surface area contributed by atoms with Crippen LogP contribution in [0.4, 0.5) is 0 Å². The largest absolute Gasteiger partial charge is 0.481 e. The number of rotatable bonds is 6. The molecule has 0 heterocycles. The lowest BCUT2D eigenvalue weighted by atomic mass is 9.99. The zero-order valence-corrected chi connectivity index (χ0v) is 11.1. The molecule has 4 heteroatoms. The Morgan fingerprint density at radius 3 is 2.33 bits per heavy atom. The molecule has 0 amide bonds. The molecular formula is C14H21NO3. The molecule has 0 bridgehead atoms. The van der Waals surface area contributed by atoms with Crippen molar-refractivity contribution in [1.29, 1.82) is 0 Å². The van der Waals surface area contributed by atoms with Crippen LogP contribution < -0.4 is 5.32 Å². The van der Waals surface area contributed by atoms with Crippen molar-refractivity contribution in [3.05, 3.63) is 35.4 Å². The van der Waals surface area contributed by atoms with Crippen LogP contribution >= 0.6 is 0 Å². The Hall–Kier alpha value is -1.39. The highest BCUT2D eigenvalue weighted by Gasteiger charge is 2.15. The second kappa shape index (κ2) is 5.98. The molecule has 0 aliphatic heterocycles. The number of hydrogen-bond donors (Lipinski definition) is 3.